The van der Waals surface area contributed by atoms with Crippen LogP contribution in [-0.2, 0) is 4.79 Å². The Labute approximate surface area is 98.3 Å². The van der Waals surface area contributed by atoms with Gasteiger partial charge in [0.15, 0.2) is 0 Å². The molecule has 2 atom stereocenters. The number of amides is 1. The molecule has 0 aromatic heterocycles. The maximum Gasteiger partial charge on any atom is 0.393 e. The van der Waals surface area contributed by atoms with Crippen molar-refractivity contribution in [1.82, 2.24) is 10.2 Å². The third-order valence-electron chi connectivity index (χ3n) is 3.55. The zero-order valence-corrected chi connectivity index (χ0v) is 9.59. The summed E-state index contributed by atoms with van der Waals surface area (Å²) >= 11 is 0. The molecular formula is C11H17F3N2O. The van der Waals surface area contributed by atoms with Crippen LogP contribution < -0.4 is 5.32 Å². The lowest BCUT2D eigenvalue weighted by atomic mass is 9.97. The molecule has 0 spiro atoms. The summed E-state index contributed by atoms with van der Waals surface area (Å²) in [5.41, 5.74) is 0. The van der Waals surface area contributed by atoms with Gasteiger partial charge in [0.1, 0.15) is 0 Å². The molecule has 0 aromatic rings. The molecule has 6 heteroatoms. The van der Waals surface area contributed by atoms with Crippen molar-refractivity contribution in [2.75, 3.05) is 19.6 Å². The molecular weight excluding hydrogens is 233 g/mol. The maximum atomic E-state index is 12.6. The van der Waals surface area contributed by atoms with Crippen LogP contribution in [0.4, 0.5) is 13.2 Å². The lowest BCUT2D eigenvalue weighted by Gasteiger charge is -2.35. The number of hydrogen-bond donors (Lipinski definition) is 1. The summed E-state index contributed by atoms with van der Waals surface area (Å²) in [6.45, 7) is 1.08. The van der Waals surface area contributed by atoms with Crippen LogP contribution in [0.5, 0.6) is 0 Å². The largest absolute Gasteiger partial charge is 0.393 e. The first-order valence-corrected chi connectivity index (χ1v) is 6.07. The number of alkyl halides is 3. The molecule has 2 heterocycles. The Morgan fingerprint density at radius 1 is 1.24 bits per heavy atom. The van der Waals surface area contributed by atoms with Gasteiger partial charge >= 0.3 is 6.18 Å². The van der Waals surface area contributed by atoms with E-state index in [9.17, 15) is 18.0 Å². The Kier molecular flexibility index (Phi) is 3.61. The molecule has 2 saturated heterocycles. The minimum Gasteiger partial charge on any atom is -0.341 e. The molecule has 0 aromatic carbocycles. The minimum absolute atomic E-state index is 0.144. The van der Waals surface area contributed by atoms with E-state index < -0.39 is 12.1 Å². The zero-order chi connectivity index (χ0) is 12.5. The predicted molar refractivity (Wildman–Crippen MR) is 56.4 cm³/mol. The summed E-state index contributed by atoms with van der Waals surface area (Å²) in [6, 6.07) is -0.262. The van der Waals surface area contributed by atoms with Crippen molar-refractivity contribution in [1.29, 1.82) is 0 Å². The van der Waals surface area contributed by atoms with Gasteiger partial charge < -0.3 is 10.2 Å². The molecule has 0 bridgehead atoms. The Balaban J connectivity index is 1.94. The number of piperidine rings is 1. The van der Waals surface area contributed by atoms with E-state index in [1.165, 1.54) is 4.90 Å². The highest BCUT2D eigenvalue weighted by molar-refractivity contribution is 5.82. The Bertz CT molecular complexity index is 287. The van der Waals surface area contributed by atoms with Crippen molar-refractivity contribution in [2.24, 2.45) is 5.92 Å². The number of halogens is 3. The van der Waals surface area contributed by atoms with Crippen molar-refractivity contribution >= 4 is 5.91 Å². The minimum atomic E-state index is -4.18. The molecule has 1 N–H and O–H groups in total. The summed E-state index contributed by atoms with van der Waals surface area (Å²) in [4.78, 5) is 13.3. The van der Waals surface area contributed by atoms with Crippen LogP contribution in [0.2, 0.25) is 0 Å². The van der Waals surface area contributed by atoms with Crippen LogP contribution in [0.3, 0.4) is 0 Å². The molecule has 2 fully saturated rings. The van der Waals surface area contributed by atoms with Gasteiger partial charge in [0.2, 0.25) is 5.91 Å². The number of likely N-dealkylation sites (tertiary alicyclic amines) is 1. The van der Waals surface area contributed by atoms with Gasteiger partial charge in [-0.1, -0.05) is 0 Å². The Morgan fingerprint density at radius 3 is 2.59 bits per heavy atom. The number of carbonyl (C=O) groups is 1. The zero-order valence-electron chi connectivity index (χ0n) is 9.59. The van der Waals surface area contributed by atoms with Crippen LogP contribution in [0, 0.1) is 5.92 Å². The SMILES string of the molecule is O=C([C@H]1CCCN1)N1CCC[C@@H](C(F)(F)F)C1. The third-order valence-corrected chi connectivity index (χ3v) is 3.55. The van der Waals surface area contributed by atoms with E-state index in [1.807, 2.05) is 0 Å². The van der Waals surface area contributed by atoms with E-state index in [0.29, 0.717) is 13.0 Å². The lowest BCUT2D eigenvalue weighted by molar-refractivity contribution is -0.188. The highest BCUT2D eigenvalue weighted by Crippen LogP contribution is 2.33. The van der Waals surface area contributed by atoms with Gasteiger partial charge in [0.25, 0.3) is 0 Å². The second-order valence-corrected chi connectivity index (χ2v) is 4.81. The highest BCUT2D eigenvalue weighted by Gasteiger charge is 2.43. The summed E-state index contributed by atoms with van der Waals surface area (Å²) in [6.07, 6.45) is -1.92. The Hall–Kier alpha value is -0.780. The van der Waals surface area contributed by atoms with Gasteiger partial charge in [0, 0.05) is 13.1 Å². The van der Waals surface area contributed by atoms with E-state index in [0.717, 1.165) is 19.4 Å². The fourth-order valence-corrected chi connectivity index (χ4v) is 2.56. The average molecular weight is 250 g/mol. The average Bonchev–Trinajstić information content (AvgIpc) is 2.80. The van der Waals surface area contributed by atoms with E-state index in [1.54, 1.807) is 0 Å². The van der Waals surface area contributed by atoms with Gasteiger partial charge in [-0.25, -0.2) is 0 Å². The van der Waals surface area contributed by atoms with E-state index in [4.69, 9.17) is 0 Å². The lowest BCUT2D eigenvalue weighted by Crippen LogP contribution is -2.50. The highest BCUT2D eigenvalue weighted by atomic mass is 19.4. The summed E-state index contributed by atoms with van der Waals surface area (Å²) < 4.78 is 37.8. The van der Waals surface area contributed by atoms with Crippen molar-refractivity contribution in [3.63, 3.8) is 0 Å². The van der Waals surface area contributed by atoms with Gasteiger partial charge in [0.05, 0.1) is 12.0 Å². The molecule has 1 amide bonds. The summed E-state index contributed by atoms with van der Waals surface area (Å²) in [5.74, 6) is -1.50. The molecule has 3 nitrogen and oxygen atoms in total. The van der Waals surface area contributed by atoms with Crippen molar-refractivity contribution in [2.45, 2.75) is 37.9 Å². The predicted octanol–water partition coefficient (Wildman–Crippen LogP) is 1.54. The normalized spacial score (nSPS) is 30.6. The number of rotatable bonds is 1. The standard InChI is InChI=1S/C11H17F3N2O/c12-11(13,14)8-3-2-6-16(7-8)10(17)9-4-1-5-15-9/h8-9,15H,1-7H2/t8-,9-/m1/s1. The molecule has 17 heavy (non-hydrogen) atoms. The molecule has 0 aliphatic carbocycles. The van der Waals surface area contributed by atoms with Crippen LogP contribution in [0.25, 0.3) is 0 Å². The first-order valence-electron chi connectivity index (χ1n) is 6.07. The van der Waals surface area contributed by atoms with E-state index >= 15 is 0 Å². The van der Waals surface area contributed by atoms with E-state index in [2.05, 4.69) is 5.32 Å². The topological polar surface area (TPSA) is 32.3 Å². The van der Waals surface area contributed by atoms with Crippen LogP contribution >= 0.6 is 0 Å². The third kappa shape index (κ3) is 2.91. The number of carbonyl (C=O) groups excluding carboxylic acids is 1. The molecule has 0 radical (unpaired) electrons. The molecule has 0 unspecified atom stereocenters. The molecule has 2 rings (SSSR count). The molecule has 2 aliphatic rings. The smallest absolute Gasteiger partial charge is 0.341 e. The Morgan fingerprint density at radius 2 is 2.00 bits per heavy atom. The van der Waals surface area contributed by atoms with Crippen molar-refractivity contribution in [3.05, 3.63) is 0 Å². The second kappa shape index (κ2) is 4.84. The van der Waals surface area contributed by atoms with Crippen molar-refractivity contribution in [3.8, 4) is 0 Å². The molecule has 2 aliphatic heterocycles. The first-order chi connectivity index (χ1) is 7.98. The maximum absolute atomic E-state index is 12.6. The number of nitrogens with zero attached hydrogens (tertiary/aromatic N) is 1. The second-order valence-electron chi connectivity index (χ2n) is 4.81. The number of hydrogen-bond acceptors (Lipinski definition) is 2. The van der Waals surface area contributed by atoms with Crippen LogP contribution in [0.15, 0.2) is 0 Å². The summed E-state index contributed by atoms with van der Waals surface area (Å²) in [7, 11) is 0. The summed E-state index contributed by atoms with van der Waals surface area (Å²) in [5, 5.41) is 3.03. The monoisotopic (exact) mass is 250 g/mol. The van der Waals surface area contributed by atoms with Crippen LogP contribution in [0.1, 0.15) is 25.7 Å². The van der Waals surface area contributed by atoms with Crippen LogP contribution in [-0.4, -0.2) is 42.7 Å². The molecule has 0 saturated carbocycles. The van der Waals surface area contributed by atoms with Gasteiger partial charge in [-0.05, 0) is 32.2 Å². The molecule has 98 valence electrons. The van der Waals surface area contributed by atoms with Gasteiger partial charge in [-0.15, -0.1) is 0 Å². The quantitative estimate of drug-likeness (QED) is 0.765. The fraction of sp³-hybridized carbons (Fsp3) is 0.909. The van der Waals surface area contributed by atoms with Crippen molar-refractivity contribution < 1.29 is 18.0 Å². The van der Waals surface area contributed by atoms with E-state index in [-0.39, 0.29) is 24.9 Å². The number of nitrogens with one attached hydrogen (secondary N) is 1. The fourth-order valence-electron chi connectivity index (χ4n) is 2.56. The van der Waals surface area contributed by atoms with Gasteiger partial charge in [-0.2, -0.15) is 13.2 Å². The van der Waals surface area contributed by atoms with Gasteiger partial charge in [-0.3, -0.25) is 4.79 Å². The first kappa shape index (κ1) is 12.7.